The molecule has 1 N–H and O–H groups in total. The van der Waals surface area contributed by atoms with Crippen molar-refractivity contribution in [3.05, 3.63) is 41.2 Å². The van der Waals surface area contributed by atoms with Crippen LogP contribution in [0.5, 0.6) is 5.75 Å². The van der Waals surface area contributed by atoms with Crippen LogP contribution in [0.15, 0.2) is 24.3 Å². The number of nitrogens with zero attached hydrogens (tertiary/aromatic N) is 3. The summed E-state index contributed by atoms with van der Waals surface area (Å²) >= 11 is 0. The van der Waals surface area contributed by atoms with E-state index in [2.05, 4.69) is 15.6 Å². The first-order chi connectivity index (χ1) is 13.2. The lowest BCUT2D eigenvalue weighted by molar-refractivity contribution is -0.00179. The number of fused-ring (bicyclic) bond motifs is 1. The van der Waals surface area contributed by atoms with Crippen molar-refractivity contribution in [1.29, 1.82) is 0 Å². The summed E-state index contributed by atoms with van der Waals surface area (Å²) in [5.41, 5.74) is 2.19. The molecule has 144 valence electrons. The van der Waals surface area contributed by atoms with Crippen LogP contribution in [-0.4, -0.2) is 34.6 Å². The Bertz CT molecular complexity index is 781. The second kappa shape index (κ2) is 8.08. The zero-order valence-electron chi connectivity index (χ0n) is 15.7. The van der Waals surface area contributed by atoms with Gasteiger partial charge in [0.1, 0.15) is 11.9 Å². The summed E-state index contributed by atoms with van der Waals surface area (Å²) in [6, 6.07) is 7.81. The normalized spacial score (nSPS) is 20.1. The van der Waals surface area contributed by atoms with E-state index in [0.717, 1.165) is 23.6 Å². The molecule has 1 amide bonds. The highest BCUT2D eigenvalue weighted by molar-refractivity contribution is 5.93. The van der Waals surface area contributed by atoms with Crippen molar-refractivity contribution in [1.82, 2.24) is 20.3 Å². The van der Waals surface area contributed by atoms with E-state index >= 15 is 0 Å². The van der Waals surface area contributed by atoms with Gasteiger partial charge in [0.25, 0.3) is 5.91 Å². The molecule has 1 aliphatic heterocycles. The van der Waals surface area contributed by atoms with Crippen LogP contribution in [0.1, 0.15) is 60.0 Å². The Morgan fingerprint density at radius 3 is 2.78 bits per heavy atom. The minimum atomic E-state index is -0.145. The molecular weight excluding hydrogens is 344 g/mol. The number of methoxy groups -OCH3 is 1. The summed E-state index contributed by atoms with van der Waals surface area (Å²) in [7, 11) is 1.65. The average Bonchev–Trinajstić information content (AvgIpc) is 3.16. The Morgan fingerprint density at radius 2 is 2.04 bits per heavy atom. The van der Waals surface area contributed by atoms with Gasteiger partial charge in [0, 0.05) is 6.54 Å². The average molecular weight is 370 g/mol. The molecule has 1 aromatic heterocycles. The van der Waals surface area contributed by atoms with E-state index in [1.807, 2.05) is 24.3 Å². The van der Waals surface area contributed by atoms with Crippen molar-refractivity contribution in [2.24, 2.45) is 5.92 Å². The number of nitrogens with one attached hydrogen (secondary N) is 1. The van der Waals surface area contributed by atoms with Gasteiger partial charge in [-0.15, -0.1) is 5.10 Å². The van der Waals surface area contributed by atoms with E-state index in [1.165, 1.54) is 32.1 Å². The summed E-state index contributed by atoms with van der Waals surface area (Å²) in [6.07, 6.45) is 6.14. The maximum atomic E-state index is 12.5. The predicted octanol–water partition coefficient (Wildman–Crippen LogP) is 2.87. The highest BCUT2D eigenvalue weighted by atomic mass is 16.5. The van der Waals surface area contributed by atoms with Crippen molar-refractivity contribution in [3.63, 3.8) is 0 Å². The molecule has 7 heteroatoms. The summed E-state index contributed by atoms with van der Waals surface area (Å²) in [5.74, 6) is 1.26. The Morgan fingerprint density at radius 1 is 1.26 bits per heavy atom. The van der Waals surface area contributed by atoms with Gasteiger partial charge in [-0.05, 0) is 36.5 Å². The highest BCUT2D eigenvalue weighted by Gasteiger charge is 2.28. The van der Waals surface area contributed by atoms with E-state index in [1.54, 1.807) is 11.8 Å². The third kappa shape index (κ3) is 3.98. The maximum absolute atomic E-state index is 12.5. The van der Waals surface area contributed by atoms with Gasteiger partial charge in [0.15, 0.2) is 5.69 Å². The fourth-order valence-corrected chi connectivity index (χ4v) is 3.92. The first-order valence-corrected chi connectivity index (χ1v) is 9.70. The molecule has 0 bridgehead atoms. The number of ether oxygens (including phenoxy) is 2. The Kier molecular flexibility index (Phi) is 5.38. The fraction of sp³-hybridized carbons (Fsp3) is 0.550. The minimum absolute atomic E-state index is 0.108. The van der Waals surface area contributed by atoms with Gasteiger partial charge in [0.2, 0.25) is 0 Å². The molecule has 7 nitrogen and oxygen atoms in total. The number of rotatable bonds is 5. The maximum Gasteiger partial charge on any atom is 0.273 e. The molecule has 1 fully saturated rings. The number of carbonyl (C=O) groups is 1. The van der Waals surface area contributed by atoms with Crippen LogP contribution in [0.2, 0.25) is 0 Å². The second-order valence-electron chi connectivity index (χ2n) is 7.35. The lowest BCUT2D eigenvalue weighted by Crippen LogP contribution is -2.32. The quantitative estimate of drug-likeness (QED) is 0.876. The number of hydrogen-bond donors (Lipinski definition) is 1. The smallest absolute Gasteiger partial charge is 0.273 e. The summed E-state index contributed by atoms with van der Waals surface area (Å²) in [5, 5.41) is 11.3. The van der Waals surface area contributed by atoms with Crippen molar-refractivity contribution < 1.29 is 14.3 Å². The van der Waals surface area contributed by atoms with Crippen molar-refractivity contribution in [2.45, 2.75) is 51.4 Å². The largest absolute Gasteiger partial charge is 0.497 e. The second-order valence-corrected chi connectivity index (χ2v) is 7.35. The molecule has 4 rings (SSSR count). The zero-order valence-corrected chi connectivity index (χ0v) is 15.7. The minimum Gasteiger partial charge on any atom is -0.497 e. The molecule has 1 saturated carbocycles. The molecule has 27 heavy (non-hydrogen) atoms. The molecule has 2 aromatic rings. The summed E-state index contributed by atoms with van der Waals surface area (Å²) in [6.45, 7) is 1.60. The van der Waals surface area contributed by atoms with Crippen molar-refractivity contribution in [3.8, 4) is 5.75 Å². The fourth-order valence-electron chi connectivity index (χ4n) is 3.92. The van der Waals surface area contributed by atoms with Crippen LogP contribution in [0, 0.1) is 5.92 Å². The van der Waals surface area contributed by atoms with Crippen LogP contribution in [0.3, 0.4) is 0 Å². The summed E-state index contributed by atoms with van der Waals surface area (Å²) < 4.78 is 13.0. The lowest BCUT2D eigenvalue weighted by Gasteiger charge is -2.24. The third-order valence-electron chi connectivity index (χ3n) is 5.58. The van der Waals surface area contributed by atoms with Crippen molar-refractivity contribution in [2.75, 3.05) is 13.7 Å². The monoisotopic (exact) mass is 370 g/mol. The standard InChI is InChI=1S/C20H26N4O3/c1-26-16-9-7-15(8-10-16)18-12-24-17(13-27-18)19(22-23-24)20(25)21-11-14-5-3-2-4-6-14/h7-10,14,18H,2-6,11-13H2,1H3,(H,21,25). The van der Waals surface area contributed by atoms with E-state index in [-0.39, 0.29) is 12.0 Å². The van der Waals surface area contributed by atoms with Gasteiger partial charge in [-0.1, -0.05) is 36.6 Å². The van der Waals surface area contributed by atoms with Crippen LogP contribution in [0.25, 0.3) is 0 Å². The molecule has 0 saturated heterocycles. The summed E-state index contributed by atoms with van der Waals surface area (Å²) in [4.78, 5) is 12.5. The van der Waals surface area contributed by atoms with E-state index in [9.17, 15) is 4.79 Å². The topological polar surface area (TPSA) is 78.3 Å². The molecule has 2 aliphatic rings. The third-order valence-corrected chi connectivity index (χ3v) is 5.58. The zero-order chi connectivity index (χ0) is 18.6. The molecule has 1 unspecified atom stereocenters. The number of amides is 1. The number of carbonyl (C=O) groups excluding carboxylic acids is 1. The molecule has 1 atom stereocenters. The number of aromatic nitrogens is 3. The van der Waals surface area contributed by atoms with Crippen molar-refractivity contribution >= 4 is 5.91 Å². The molecule has 2 heterocycles. The van der Waals surface area contributed by atoms with Crippen LogP contribution in [-0.2, 0) is 17.9 Å². The molecule has 1 aromatic carbocycles. The predicted molar refractivity (Wildman–Crippen MR) is 99.5 cm³/mol. The van der Waals surface area contributed by atoms with Gasteiger partial charge in [0.05, 0.1) is 26.0 Å². The Hall–Kier alpha value is -2.41. The molecule has 0 radical (unpaired) electrons. The first kappa shape index (κ1) is 18.0. The van der Waals surface area contributed by atoms with Gasteiger partial charge >= 0.3 is 0 Å². The Balaban J connectivity index is 1.39. The molecular formula is C20H26N4O3. The van der Waals surface area contributed by atoms with Gasteiger partial charge in [-0.2, -0.15) is 0 Å². The number of hydrogen-bond acceptors (Lipinski definition) is 5. The van der Waals surface area contributed by atoms with Crippen LogP contribution < -0.4 is 10.1 Å². The van der Waals surface area contributed by atoms with Gasteiger partial charge < -0.3 is 14.8 Å². The van der Waals surface area contributed by atoms with E-state index in [4.69, 9.17) is 9.47 Å². The van der Waals surface area contributed by atoms with E-state index < -0.39 is 0 Å². The molecule has 1 aliphatic carbocycles. The Labute approximate surface area is 159 Å². The lowest BCUT2D eigenvalue weighted by atomic mass is 9.89. The van der Waals surface area contributed by atoms with Crippen LogP contribution in [0.4, 0.5) is 0 Å². The first-order valence-electron chi connectivity index (χ1n) is 9.70. The van der Waals surface area contributed by atoms with Crippen LogP contribution >= 0.6 is 0 Å². The molecule has 0 spiro atoms. The SMILES string of the molecule is COc1ccc(C2Cn3nnc(C(=O)NCC4CCCCC4)c3CO2)cc1. The van der Waals surface area contributed by atoms with Gasteiger partial charge in [-0.25, -0.2) is 4.68 Å². The van der Waals surface area contributed by atoms with E-state index in [0.29, 0.717) is 24.8 Å². The number of benzene rings is 1. The van der Waals surface area contributed by atoms with Gasteiger partial charge in [-0.3, -0.25) is 4.79 Å². The highest BCUT2D eigenvalue weighted by Crippen LogP contribution is 2.28.